The van der Waals surface area contributed by atoms with E-state index in [1.54, 1.807) is 31.1 Å². The SMILES string of the molecule is Cc1cccc(C)c1NC(=O)c1cn(-c2ccc(F)cc2F)c2nc(N(C)C)ccc2c1=O. The van der Waals surface area contributed by atoms with Crippen LogP contribution in [0.15, 0.2) is 59.5 Å². The van der Waals surface area contributed by atoms with Crippen molar-refractivity contribution in [2.24, 2.45) is 0 Å². The molecule has 168 valence electrons. The molecule has 4 aromatic rings. The van der Waals surface area contributed by atoms with Crippen LogP contribution >= 0.6 is 0 Å². The number of nitrogens with zero attached hydrogens (tertiary/aromatic N) is 3. The summed E-state index contributed by atoms with van der Waals surface area (Å²) in [4.78, 5) is 32.6. The molecule has 1 N–H and O–H groups in total. The topological polar surface area (TPSA) is 67.2 Å². The summed E-state index contributed by atoms with van der Waals surface area (Å²) >= 11 is 0. The number of aryl methyl sites for hydroxylation is 2. The Hall–Kier alpha value is -4.07. The molecule has 4 rings (SSSR count). The maximum Gasteiger partial charge on any atom is 0.261 e. The Bertz CT molecular complexity index is 1440. The number of hydrogen-bond donors (Lipinski definition) is 1. The molecule has 1 amide bonds. The van der Waals surface area contributed by atoms with Gasteiger partial charge in [-0.3, -0.25) is 14.2 Å². The van der Waals surface area contributed by atoms with E-state index in [-0.39, 0.29) is 22.3 Å². The monoisotopic (exact) mass is 448 g/mol. The van der Waals surface area contributed by atoms with Gasteiger partial charge < -0.3 is 10.2 Å². The quantitative estimate of drug-likeness (QED) is 0.496. The molecule has 0 radical (unpaired) electrons. The predicted molar refractivity (Wildman–Crippen MR) is 125 cm³/mol. The maximum absolute atomic E-state index is 14.7. The molecular formula is C25H22F2N4O2. The smallest absolute Gasteiger partial charge is 0.261 e. The van der Waals surface area contributed by atoms with E-state index < -0.39 is 23.0 Å². The normalized spacial score (nSPS) is 11.0. The van der Waals surface area contributed by atoms with Gasteiger partial charge in [-0.25, -0.2) is 13.8 Å². The van der Waals surface area contributed by atoms with Crippen LogP contribution in [0, 0.1) is 25.5 Å². The third kappa shape index (κ3) is 4.07. The van der Waals surface area contributed by atoms with Crippen molar-refractivity contribution in [1.82, 2.24) is 9.55 Å². The molecule has 0 fully saturated rings. The molecule has 0 bridgehead atoms. The van der Waals surface area contributed by atoms with E-state index in [1.807, 2.05) is 32.0 Å². The van der Waals surface area contributed by atoms with Crippen LogP contribution in [0.4, 0.5) is 20.3 Å². The average Bonchev–Trinajstić information content (AvgIpc) is 2.77. The zero-order valence-electron chi connectivity index (χ0n) is 18.6. The van der Waals surface area contributed by atoms with E-state index >= 15 is 0 Å². The molecule has 33 heavy (non-hydrogen) atoms. The van der Waals surface area contributed by atoms with Crippen LogP contribution in [0.3, 0.4) is 0 Å². The number of aromatic nitrogens is 2. The summed E-state index contributed by atoms with van der Waals surface area (Å²) < 4.78 is 29.6. The first-order chi connectivity index (χ1) is 15.7. The maximum atomic E-state index is 14.7. The third-order valence-electron chi connectivity index (χ3n) is 5.43. The molecular weight excluding hydrogens is 426 g/mol. The lowest BCUT2D eigenvalue weighted by Crippen LogP contribution is -2.25. The van der Waals surface area contributed by atoms with Crippen LogP contribution in [0.25, 0.3) is 16.7 Å². The van der Waals surface area contributed by atoms with Gasteiger partial charge in [0.1, 0.15) is 23.0 Å². The van der Waals surface area contributed by atoms with Crippen molar-refractivity contribution in [3.05, 3.63) is 93.3 Å². The van der Waals surface area contributed by atoms with Crippen molar-refractivity contribution in [1.29, 1.82) is 0 Å². The van der Waals surface area contributed by atoms with E-state index in [4.69, 9.17) is 0 Å². The van der Waals surface area contributed by atoms with Crippen molar-refractivity contribution >= 4 is 28.4 Å². The number of carbonyl (C=O) groups excluding carboxylic acids is 1. The Morgan fingerprint density at radius 1 is 1.03 bits per heavy atom. The highest BCUT2D eigenvalue weighted by molar-refractivity contribution is 6.06. The fraction of sp³-hybridized carbons (Fsp3) is 0.160. The zero-order chi connectivity index (χ0) is 23.9. The average molecular weight is 448 g/mol. The van der Waals surface area contributed by atoms with Crippen molar-refractivity contribution in [3.8, 4) is 5.69 Å². The number of amides is 1. The van der Waals surface area contributed by atoms with Gasteiger partial charge in [-0.15, -0.1) is 0 Å². The molecule has 0 aliphatic heterocycles. The standard InChI is InChI=1S/C25H22F2N4O2/c1-14-6-5-7-15(2)22(14)29-25(33)18-13-31(20-10-8-16(26)12-19(20)27)24-17(23(18)32)9-11-21(28-24)30(3)4/h5-13H,1-4H3,(H,29,33). The van der Waals surface area contributed by atoms with Gasteiger partial charge >= 0.3 is 0 Å². The van der Waals surface area contributed by atoms with Gasteiger partial charge in [0.15, 0.2) is 5.65 Å². The van der Waals surface area contributed by atoms with Gasteiger partial charge in [-0.2, -0.15) is 0 Å². The predicted octanol–water partition coefficient (Wildman–Crippen LogP) is 4.60. The molecule has 0 aliphatic rings. The highest BCUT2D eigenvalue weighted by atomic mass is 19.1. The van der Waals surface area contributed by atoms with E-state index in [9.17, 15) is 18.4 Å². The molecule has 0 atom stereocenters. The molecule has 8 heteroatoms. The van der Waals surface area contributed by atoms with Crippen LogP contribution in [-0.2, 0) is 0 Å². The first-order valence-corrected chi connectivity index (χ1v) is 10.2. The fourth-order valence-corrected chi connectivity index (χ4v) is 3.66. The molecule has 0 unspecified atom stereocenters. The summed E-state index contributed by atoms with van der Waals surface area (Å²) in [7, 11) is 3.56. The van der Waals surface area contributed by atoms with Gasteiger partial charge in [-0.1, -0.05) is 18.2 Å². The molecule has 0 spiro atoms. The van der Waals surface area contributed by atoms with E-state index in [0.717, 1.165) is 23.3 Å². The molecule has 0 saturated carbocycles. The first kappa shape index (κ1) is 22.1. The number of nitrogens with one attached hydrogen (secondary N) is 1. The largest absolute Gasteiger partial charge is 0.363 e. The van der Waals surface area contributed by atoms with Gasteiger partial charge in [0, 0.05) is 32.0 Å². The minimum absolute atomic E-state index is 0.0362. The lowest BCUT2D eigenvalue weighted by molar-refractivity contribution is 0.102. The van der Waals surface area contributed by atoms with Crippen LogP contribution in [-0.4, -0.2) is 29.6 Å². The Labute approximate surface area is 189 Å². The molecule has 2 aromatic heterocycles. The van der Waals surface area contributed by atoms with Crippen LogP contribution in [0.5, 0.6) is 0 Å². The Morgan fingerprint density at radius 3 is 2.36 bits per heavy atom. The van der Waals surface area contributed by atoms with Gasteiger partial charge in [0.2, 0.25) is 5.43 Å². The second-order valence-corrected chi connectivity index (χ2v) is 7.99. The summed E-state index contributed by atoms with van der Waals surface area (Å²) in [6.07, 6.45) is 1.25. The number of hydrogen-bond acceptors (Lipinski definition) is 4. The van der Waals surface area contributed by atoms with Crippen LogP contribution in [0.1, 0.15) is 21.5 Å². The molecule has 2 heterocycles. The number of benzene rings is 2. The van der Waals surface area contributed by atoms with E-state index in [0.29, 0.717) is 11.5 Å². The molecule has 6 nitrogen and oxygen atoms in total. The Kier molecular flexibility index (Phi) is 5.68. The second-order valence-electron chi connectivity index (χ2n) is 7.99. The molecule has 2 aromatic carbocycles. The highest BCUT2D eigenvalue weighted by Gasteiger charge is 2.20. The second kappa shape index (κ2) is 8.46. The third-order valence-corrected chi connectivity index (χ3v) is 5.43. The number of halogens is 2. The van der Waals surface area contributed by atoms with Crippen LogP contribution < -0.4 is 15.6 Å². The minimum atomic E-state index is -0.849. The number of pyridine rings is 2. The van der Waals surface area contributed by atoms with Crippen LogP contribution in [0.2, 0.25) is 0 Å². The number of anilines is 2. The van der Waals surface area contributed by atoms with Gasteiger partial charge in [0.25, 0.3) is 5.91 Å². The van der Waals surface area contributed by atoms with Crippen molar-refractivity contribution in [2.75, 3.05) is 24.3 Å². The number of carbonyl (C=O) groups is 1. The lowest BCUT2D eigenvalue weighted by Gasteiger charge is -2.17. The summed E-state index contributed by atoms with van der Waals surface area (Å²) in [5.74, 6) is -1.69. The fourth-order valence-electron chi connectivity index (χ4n) is 3.66. The molecule has 0 saturated heterocycles. The summed E-state index contributed by atoms with van der Waals surface area (Å²) in [5.41, 5.74) is 1.67. The summed E-state index contributed by atoms with van der Waals surface area (Å²) in [5, 5.41) is 2.94. The first-order valence-electron chi connectivity index (χ1n) is 10.2. The Balaban J connectivity index is 1.96. The van der Waals surface area contributed by atoms with E-state index in [1.165, 1.54) is 16.8 Å². The molecule has 0 aliphatic carbocycles. The number of fused-ring (bicyclic) bond motifs is 1. The zero-order valence-corrected chi connectivity index (χ0v) is 18.6. The van der Waals surface area contributed by atoms with Crippen molar-refractivity contribution in [3.63, 3.8) is 0 Å². The van der Waals surface area contributed by atoms with Gasteiger partial charge in [-0.05, 0) is 49.2 Å². The lowest BCUT2D eigenvalue weighted by atomic mass is 10.1. The summed E-state index contributed by atoms with van der Waals surface area (Å²) in [6, 6.07) is 11.8. The number of para-hydroxylation sites is 1. The van der Waals surface area contributed by atoms with Crippen molar-refractivity contribution in [2.45, 2.75) is 13.8 Å². The number of rotatable bonds is 4. The van der Waals surface area contributed by atoms with Gasteiger partial charge in [0.05, 0.1) is 11.1 Å². The van der Waals surface area contributed by atoms with E-state index in [2.05, 4.69) is 10.3 Å². The van der Waals surface area contributed by atoms with Crippen molar-refractivity contribution < 1.29 is 13.6 Å². The highest BCUT2D eigenvalue weighted by Crippen LogP contribution is 2.24. The summed E-state index contributed by atoms with van der Waals surface area (Å²) in [6.45, 7) is 3.70. The minimum Gasteiger partial charge on any atom is -0.363 e. The Morgan fingerprint density at radius 2 is 1.73 bits per heavy atom.